The van der Waals surface area contributed by atoms with Gasteiger partial charge in [0.25, 0.3) is 0 Å². The number of hydrogen-bond acceptors (Lipinski definition) is 3. The molecule has 0 bridgehead atoms. The van der Waals surface area contributed by atoms with Gasteiger partial charge in [0.1, 0.15) is 0 Å². The summed E-state index contributed by atoms with van der Waals surface area (Å²) in [5.41, 5.74) is 0. The maximum Gasteiger partial charge on any atom is 0.0759 e. The van der Waals surface area contributed by atoms with Gasteiger partial charge in [0.2, 0.25) is 0 Å². The van der Waals surface area contributed by atoms with Gasteiger partial charge in [-0.1, -0.05) is 12.2 Å². The Balaban J connectivity index is 3.86. The number of allylic oxidation sites excluding steroid dienone is 1. The molecule has 0 rings (SSSR count). The molecule has 32 valence electrons. The van der Waals surface area contributed by atoms with Crippen LogP contribution in [0.5, 0.6) is 0 Å². The summed E-state index contributed by atoms with van der Waals surface area (Å²) in [7, 11) is 0. The van der Waals surface area contributed by atoms with Crippen LogP contribution in [0.4, 0.5) is 0 Å². The molecule has 0 heterocycles. The van der Waals surface area contributed by atoms with Crippen LogP contribution in [0, 0.1) is 5.41 Å². The van der Waals surface area contributed by atoms with E-state index in [1.54, 1.807) is 0 Å². The van der Waals surface area contributed by atoms with Crippen LogP contribution in [-0.4, -0.2) is 11.2 Å². The monoisotopic (exact) mass is 117 g/mol. The standard InChI is InChI=1S/C3H3NS2/c4-1-3(6)2-5/h2,4,6H. The molecule has 0 saturated carbocycles. The Bertz CT molecular complexity index is 101. The molecular formula is C3H3NS2. The summed E-state index contributed by atoms with van der Waals surface area (Å²) < 4.78 is 0. The predicted octanol–water partition coefficient (Wildman–Crippen LogP) is 1.05. The second-order valence-corrected chi connectivity index (χ2v) is 1.35. The highest BCUT2D eigenvalue weighted by Gasteiger charge is 1.69. The normalized spacial score (nSPS) is 6.17. The van der Waals surface area contributed by atoms with Crippen LogP contribution in [0.25, 0.3) is 0 Å². The number of thiol groups is 1. The highest BCUT2D eigenvalue weighted by Crippen LogP contribution is 1.85. The summed E-state index contributed by atoms with van der Waals surface area (Å²) in [6, 6.07) is 0. The lowest BCUT2D eigenvalue weighted by molar-refractivity contribution is 1.59. The zero-order valence-corrected chi connectivity index (χ0v) is 4.64. The molecule has 3 heteroatoms. The molecule has 0 amide bonds. The van der Waals surface area contributed by atoms with E-state index in [1.807, 2.05) is 5.87 Å². The van der Waals surface area contributed by atoms with E-state index in [0.717, 1.165) is 0 Å². The summed E-state index contributed by atoms with van der Waals surface area (Å²) in [5, 5.41) is 7.64. The topological polar surface area (TPSA) is 23.9 Å². The third kappa shape index (κ3) is 2.15. The first-order valence-corrected chi connectivity index (χ1v) is 2.17. The van der Waals surface area contributed by atoms with Crippen molar-refractivity contribution < 1.29 is 0 Å². The largest absolute Gasteiger partial charge is 0.258 e. The SMILES string of the molecule is N=C=C(S)C=S. The first-order valence-electron chi connectivity index (χ1n) is 1.25. The van der Waals surface area contributed by atoms with E-state index < -0.39 is 0 Å². The fraction of sp³-hybridized carbons (Fsp3) is 0. The summed E-state index contributed by atoms with van der Waals surface area (Å²) in [6.45, 7) is 0. The van der Waals surface area contributed by atoms with Crippen molar-refractivity contribution >= 4 is 36.1 Å². The summed E-state index contributed by atoms with van der Waals surface area (Å²) in [5.74, 6) is 1.99. The Morgan fingerprint density at radius 1 is 2.00 bits per heavy atom. The summed E-state index contributed by atoms with van der Waals surface area (Å²) >= 11 is 8.04. The Kier molecular flexibility index (Phi) is 3.04. The zero-order chi connectivity index (χ0) is 4.99. The molecule has 1 nitrogen and oxygen atoms in total. The Labute approximate surface area is 47.0 Å². The van der Waals surface area contributed by atoms with Crippen LogP contribution < -0.4 is 0 Å². The highest BCUT2D eigenvalue weighted by atomic mass is 32.1. The lowest BCUT2D eigenvalue weighted by Crippen LogP contribution is -1.63. The van der Waals surface area contributed by atoms with Crippen LogP contribution in [0.2, 0.25) is 0 Å². The lowest BCUT2D eigenvalue weighted by atomic mass is 10.7. The van der Waals surface area contributed by atoms with Crippen molar-refractivity contribution in [2.24, 2.45) is 0 Å². The number of rotatable bonds is 1. The van der Waals surface area contributed by atoms with Gasteiger partial charge in [-0.05, 0) is 5.87 Å². The highest BCUT2D eigenvalue weighted by molar-refractivity contribution is 7.89. The van der Waals surface area contributed by atoms with Crippen LogP contribution in [-0.2, 0) is 0 Å². The number of hydrogen-bond donors (Lipinski definition) is 2. The second-order valence-electron chi connectivity index (χ2n) is 0.628. The lowest BCUT2D eigenvalue weighted by Gasteiger charge is -1.67. The van der Waals surface area contributed by atoms with Gasteiger partial charge in [-0.2, -0.15) is 0 Å². The Morgan fingerprint density at radius 2 is 2.50 bits per heavy atom. The van der Waals surface area contributed by atoms with Crippen molar-refractivity contribution in [2.45, 2.75) is 0 Å². The molecular weight excluding hydrogens is 114 g/mol. The van der Waals surface area contributed by atoms with E-state index in [1.165, 1.54) is 5.37 Å². The van der Waals surface area contributed by atoms with E-state index in [4.69, 9.17) is 5.41 Å². The van der Waals surface area contributed by atoms with Crippen LogP contribution >= 0.6 is 24.8 Å². The van der Waals surface area contributed by atoms with Crippen molar-refractivity contribution in [2.75, 3.05) is 0 Å². The van der Waals surface area contributed by atoms with Crippen LogP contribution in [0.1, 0.15) is 0 Å². The molecule has 0 aromatic heterocycles. The molecule has 0 fully saturated rings. The Morgan fingerprint density at radius 3 is 2.50 bits per heavy atom. The molecule has 0 aromatic carbocycles. The van der Waals surface area contributed by atoms with Crippen molar-refractivity contribution in [3.63, 3.8) is 0 Å². The third-order valence-electron chi connectivity index (χ3n) is 0.240. The maximum atomic E-state index is 6.35. The molecule has 1 N–H and O–H groups in total. The summed E-state index contributed by atoms with van der Waals surface area (Å²) in [6.07, 6.45) is 0. The van der Waals surface area contributed by atoms with Gasteiger partial charge in [-0.3, -0.25) is 5.41 Å². The fourth-order valence-corrected chi connectivity index (χ4v) is 0.0884. The molecule has 0 aliphatic rings. The van der Waals surface area contributed by atoms with E-state index in [-0.39, 0.29) is 0 Å². The molecule has 0 atom stereocenters. The van der Waals surface area contributed by atoms with Crippen molar-refractivity contribution in [1.29, 1.82) is 5.41 Å². The molecule has 0 unspecified atom stereocenters. The van der Waals surface area contributed by atoms with Gasteiger partial charge in [0, 0.05) is 5.37 Å². The molecule has 0 saturated heterocycles. The number of thiocarbonyl (C=S) groups is 1. The number of nitrogens with one attached hydrogen (secondary N) is 1. The van der Waals surface area contributed by atoms with Gasteiger partial charge in [-0.15, -0.1) is 12.6 Å². The van der Waals surface area contributed by atoms with Crippen molar-refractivity contribution in [3.05, 3.63) is 4.91 Å². The first kappa shape index (κ1) is 5.89. The quantitative estimate of drug-likeness (QED) is 0.228. The predicted molar refractivity (Wildman–Crippen MR) is 33.9 cm³/mol. The average Bonchev–Trinajstić information content (AvgIpc) is 1.65. The summed E-state index contributed by atoms with van der Waals surface area (Å²) in [4.78, 5) is 0.394. The van der Waals surface area contributed by atoms with Gasteiger partial charge in [0.05, 0.1) is 4.91 Å². The first-order chi connectivity index (χ1) is 2.81. The molecule has 0 spiro atoms. The maximum absolute atomic E-state index is 6.35. The van der Waals surface area contributed by atoms with Gasteiger partial charge in [0.15, 0.2) is 0 Å². The zero-order valence-electron chi connectivity index (χ0n) is 2.93. The minimum atomic E-state index is 0.394. The van der Waals surface area contributed by atoms with E-state index in [9.17, 15) is 0 Å². The fourth-order valence-electron chi connectivity index (χ4n) is 0.0295. The van der Waals surface area contributed by atoms with Crippen LogP contribution in [0.15, 0.2) is 4.91 Å². The average molecular weight is 117 g/mol. The van der Waals surface area contributed by atoms with Gasteiger partial charge in [-0.25, -0.2) is 0 Å². The van der Waals surface area contributed by atoms with Crippen LogP contribution in [0.3, 0.4) is 0 Å². The van der Waals surface area contributed by atoms with Crippen molar-refractivity contribution in [1.82, 2.24) is 0 Å². The molecule has 0 aromatic rings. The second kappa shape index (κ2) is 3.09. The molecule has 6 heavy (non-hydrogen) atoms. The van der Waals surface area contributed by atoms with E-state index in [2.05, 4.69) is 24.8 Å². The minimum absolute atomic E-state index is 0.394. The Hall–Kier alpha value is -0.110. The van der Waals surface area contributed by atoms with Crippen molar-refractivity contribution in [3.8, 4) is 0 Å². The minimum Gasteiger partial charge on any atom is -0.258 e. The molecule has 0 aliphatic carbocycles. The van der Waals surface area contributed by atoms with Gasteiger partial charge < -0.3 is 0 Å². The smallest absolute Gasteiger partial charge is 0.0759 e. The van der Waals surface area contributed by atoms with E-state index in [0.29, 0.717) is 4.91 Å². The molecule has 0 radical (unpaired) electrons. The van der Waals surface area contributed by atoms with E-state index >= 15 is 0 Å². The third-order valence-corrected chi connectivity index (χ3v) is 0.891. The molecule has 0 aliphatic heterocycles. The van der Waals surface area contributed by atoms with Gasteiger partial charge >= 0.3 is 0 Å².